The van der Waals surface area contributed by atoms with Crippen LogP contribution in [-0.2, 0) is 0 Å². The molecule has 1 aliphatic rings. The molecule has 0 aliphatic carbocycles. The average Bonchev–Trinajstić information content (AvgIpc) is 2.96. The van der Waals surface area contributed by atoms with Crippen LogP contribution in [0.2, 0.25) is 0 Å². The Bertz CT molecular complexity index is 704. The van der Waals surface area contributed by atoms with Crippen molar-refractivity contribution in [1.82, 2.24) is 4.90 Å². The van der Waals surface area contributed by atoms with Crippen molar-refractivity contribution in [3.63, 3.8) is 0 Å². The Morgan fingerprint density at radius 2 is 2.00 bits per heavy atom. The number of amidine groups is 1. The Hall–Kier alpha value is -1.37. The number of hydrogen-bond donors (Lipinski definition) is 1. The number of thiocarbonyl (C=S) groups is 1. The highest BCUT2D eigenvalue weighted by Gasteiger charge is 2.23. The first kappa shape index (κ1) is 15.5. The molecule has 2 aromatic carbocycles. The zero-order chi connectivity index (χ0) is 15.4. The van der Waals surface area contributed by atoms with Crippen molar-refractivity contribution in [3.8, 4) is 0 Å². The number of nitrogens with one attached hydrogen (secondary N) is 1. The van der Waals surface area contributed by atoms with Gasteiger partial charge in [0.15, 0.2) is 10.3 Å². The van der Waals surface area contributed by atoms with Crippen LogP contribution in [0.5, 0.6) is 0 Å². The number of hydrogen-bond acceptors (Lipinski definition) is 3. The minimum Gasteiger partial charge on any atom is -0.332 e. The van der Waals surface area contributed by atoms with Crippen molar-refractivity contribution in [3.05, 3.63) is 59.1 Å². The monoisotopic (exact) mass is 391 g/mol. The molecule has 3 nitrogen and oxygen atoms in total. The fourth-order valence-corrected chi connectivity index (χ4v) is 3.77. The van der Waals surface area contributed by atoms with E-state index in [0.29, 0.717) is 5.11 Å². The third kappa shape index (κ3) is 3.88. The van der Waals surface area contributed by atoms with Crippen LogP contribution in [0.1, 0.15) is 0 Å². The zero-order valence-corrected chi connectivity index (χ0v) is 14.9. The SMILES string of the molecule is S=C(Nc1cccc(Br)c1)N1CCSC1=Nc1ccccc1. The summed E-state index contributed by atoms with van der Waals surface area (Å²) in [6.07, 6.45) is 0. The Morgan fingerprint density at radius 3 is 2.77 bits per heavy atom. The zero-order valence-electron chi connectivity index (χ0n) is 11.7. The maximum absolute atomic E-state index is 5.54. The Labute approximate surface area is 147 Å². The average molecular weight is 392 g/mol. The molecule has 1 N–H and O–H groups in total. The third-order valence-corrected chi connectivity index (χ3v) is 4.85. The van der Waals surface area contributed by atoms with Crippen molar-refractivity contribution in [2.24, 2.45) is 4.99 Å². The lowest BCUT2D eigenvalue weighted by molar-refractivity contribution is 0.687. The van der Waals surface area contributed by atoms with Gasteiger partial charge in [0.25, 0.3) is 0 Å². The number of nitrogens with zero attached hydrogens (tertiary/aromatic N) is 2. The van der Waals surface area contributed by atoms with Crippen LogP contribution in [0.15, 0.2) is 64.1 Å². The van der Waals surface area contributed by atoms with Crippen LogP contribution >= 0.6 is 39.9 Å². The molecule has 0 atom stereocenters. The Morgan fingerprint density at radius 1 is 1.18 bits per heavy atom. The van der Waals surface area contributed by atoms with E-state index in [2.05, 4.69) is 26.2 Å². The van der Waals surface area contributed by atoms with Gasteiger partial charge in [0.1, 0.15) is 0 Å². The summed E-state index contributed by atoms with van der Waals surface area (Å²) in [7, 11) is 0. The highest BCUT2D eigenvalue weighted by atomic mass is 79.9. The second-order valence-electron chi connectivity index (χ2n) is 4.67. The third-order valence-electron chi connectivity index (χ3n) is 3.08. The van der Waals surface area contributed by atoms with E-state index in [-0.39, 0.29) is 0 Å². The van der Waals surface area contributed by atoms with Gasteiger partial charge in [-0.25, -0.2) is 4.99 Å². The maximum atomic E-state index is 5.54. The number of aliphatic imine (C=N–C) groups is 1. The van der Waals surface area contributed by atoms with Gasteiger partial charge in [-0.05, 0) is 42.5 Å². The number of halogens is 1. The highest BCUT2D eigenvalue weighted by molar-refractivity contribution is 9.10. The van der Waals surface area contributed by atoms with Gasteiger partial charge in [-0.2, -0.15) is 0 Å². The molecule has 1 aliphatic heterocycles. The molecule has 0 spiro atoms. The Kier molecular flexibility index (Phi) is 5.12. The summed E-state index contributed by atoms with van der Waals surface area (Å²) in [6.45, 7) is 0.871. The number of benzene rings is 2. The minimum atomic E-state index is 0.679. The molecule has 6 heteroatoms. The van der Waals surface area contributed by atoms with Crippen LogP contribution in [0.25, 0.3) is 0 Å². The maximum Gasteiger partial charge on any atom is 0.179 e. The summed E-state index contributed by atoms with van der Waals surface area (Å²) in [4.78, 5) is 6.74. The van der Waals surface area contributed by atoms with Gasteiger partial charge in [0.2, 0.25) is 0 Å². The summed E-state index contributed by atoms with van der Waals surface area (Å²) in [5.74, 6) is 0.992. The van der Waals surface area contributed by atoms with Gasteiger partial charge in [-0.3, -0.25) is 4.90 Å². The van der Waals surface area contributed by atoms with Crippen LogP contribution in [-0.4, -0.2) is 27.5 Å². The molecule has 0 amide bonds. The molecule has 2 aromatic rings. The molecule has 1 saturated heterocycles. The molecule has 112 valence electrons. The van der Waals surface area contributed by atoms with Gasteiger partial charge >= 0.3 is 0 Å². The van der Waals surface area contributed by atoms with Crippen molar-refractivity contribution < 1.29 is 0 Å². The van der Waals surface area contributed by atoms with Crippen LogP contribution in [0.4, 0.5) is 11.4 Å². The number of para-hydroxylation sites is 1. The highest BCUT2D eigenvalue weighted by Crippen LogP contribution is 2.24. The van der Waals surface area contributed by atoms with Gasteiger partial charge in [0, 0.05) is 22.5 Å². The van der Waals surface area contributed by atoms with Crippen LogP contribution in [0.3, 0.4) is 0 Å². The molecule has 0 bridgehead atoms. The fourth-order valence-electron chi connectivity index (χ4n) is 2.05. The topological polar surface area (TPSA) is 27.6 Å². The van der Waals surface area contributed by atoms with Crippen LogP contribution < -0.4 is 5.32 Å². The van der Waals surface area contributed by atoms with Crippen molar-refractivity contribution in [2.45, 2.75) is 0 Å². The fraction of sp³-hybridized carbons (Fsp3) is 0.125. The molecule has 0 aromatic heterocycles. The first-order valence-electron chi connectivity index (χ1n) is 6.83. The van der Waals surface area contributed by atoms with Gasteiger partial charge in [-0.1, -0.05) is 52.0 Å². The number of anilines is 1. The molecule has 3 rings (SSSR count). The quantitative estimate of drug-likeness (QED) is 0.737. The smallest absolute Gasteiger partial charge is 0.179 e. The minimum absolute atomic E-state index is 0.679. The molecule has 1 fully saturated rings. The van der Waals surface area contributed by atoms with E-state index in [4.69, 9.17) is 12.2 Å². The van der Waals surface area contributed by atoms with Crippen molar-refractivity contribution in [2.75, 3.05) is 17.6 Å². The largest absolute Gasteiger partial charge is 0.332 e. The van der Waals surface area contributed by atoms with E-state index < -0.39 is 0 Å². The summed E-state index contributed by atoms with van der Waals surface area (Å²) in [6, 6.07) is 17.9. The van der Waals surface area contributed by atoms with E-state index >= 15 is 0 Å². The molecular formula is C16H14BrN3S2. The summed E-state index contributed by atoms with van der Waals surface area (Å²) >= 11 is 10.7. The lowest BCUT2D eigenvalue weighted by atomic mass is 10.3. The molecular weight excluding hydrogens is 378 g/mol. The first-order valence-corrected chi connectivity index (χ1v) is 9.02. The number of thioether (sulfide) groups is 1. The van der Waals surface area contributed by atoms with E-state index in [1.165, 1.54) is 0 Å². The van der Waals surface area contributed by atoms with Crippen molar-refractivity contribution in [1.29, 1.82) is 0 Å². The molecule has 0 saturated carbocycles. The van der Waals surface area contributed by atoms with E-state index in [1.54, 1.807) is 11.8 Å². The van der Waals surface area contributed by atoms with E-state index in [9.17, 15) is 0 Å². The number of rotatable bonds is 2. The van der Waals surface area contributed by atoms with Crippen molar-refractivity contribution >= 4 is 61.6 Å². The predicted molar refractivity (Wildman–Crippen MR) is 103 cm³/mol. The first-order chi connectivity index (χ1) is 10.7. The summed E-state index contributed by atoms with van der Waals surface area (Å²) in [5, 5.41) is 4.90. The lowest BCUT2D eigenvalue weighted by Gasteiger charge is -2.20. The molecule has 0 unspecified atom stereocenters. The second-order valence-corrected chi connectivity index (χ2v) is 7.03. The van der Waals surface area contributed by atoms with Gasteiger partial charge in [-0.15, -0.1) is 0 Å². The van der Waals surface area contributed by atoms with Gasteiger partial charge < -0.3 is 5.32 Å². The summed E-state index contributed by atoms with van der Waals surface area (Å²) in [5.41, 5.74) is 1.91. The van der Waals surface area contributed by atoms with Crippen LogP contribution in [0, 0.1) is 0 Å². The van der Waals surface area contributed by atoms with E-state index in [0.717, 1.165) is 33.3 Å². The molecule has 0 radical (unpaired) electrons. The summed E-state index contributed by atoms with van der Waals surface area (Å²) < 4.78 is 1.02. The molecule has 1 heterocycles. The lowest BCUT2D eigenvalue weighted by Crippen LogP contribution is -2.35. The predicted octanol–water partition coefficient (Wildman–Crippen LogP) is 4.88. The van der Waals surface area contributed by atoms with Gasteiger partial charge in [0.05, 0.1) is 5.69 Å². The normalized spacial score (nSPS) is 16.0. The Balaban J connectivity index is 1.75. The second kappa shape index (κ2) is 7.26. The van der Waals surface area contributed by atoms with E-state index in [1.807, 2.05) is 59.5 Å². The molecule has 22 heavy (non-hydrogen) atoms. The standard InChI is InChI=1S/C16H14BrN3S2/c17-12-5-4-8-14(11-12)18-15(21)20-9-10-22-16(20)19-13-6-2-1-3-7-13/h1-8,11H,9-10H2,(H,18,21).